The minimum Gasteiger partial charge on any atom is -0.380 e. The van der Waals surface area contributed by atoms with E-state index in [-0.39, 0.29) is 18.2 Å². The van der Waals surface area contributed by atoms with Gasteiger partial charge in [0, 0.05) is 12.7 Å². The summed E-state index contributed by atoms with van der Waals surface area (Å²) in [6.45, 7) is 0.482. The zero-order chi connectivity index (χ0) is 12.3. The molecule has 1 aromatic rings. The zero-order valence-electron chi connectivity index (χ0n) is 9.53. The number of carbonyl (C=O) groups is 2. The second-order valence-electron chi connectivity index (χ2n) is 3.86. The maximum atomic E-state index is 11.4. The Hall–Kier alpha value is -1.94. The van der Waals surface area contributed by atoms with E-state index in [0.717, 1.165) is 11.1 Å². The van der Waals surface area contributed by atoms with Crippen LogP contribution in [-0.4, -0.2) is 18.9 Å². The van der Waals surface area contributed by atoms with Crippen LogP contribution in [0.2, 0.25) is 0 Å². The third-order valence-corrected chi connectivity index (χ3v) is 2.58. The number of carbonyl (C=O) groups excluding carboxylic acids is 2. The fourth-order valence-electron chi connectivity index (χ4n) is 1.77. The summed E-state index contributed by atoms with van der Waals surface area (Å²) >= 11 is 0. The highest BCUT2D eigenvalue weighted by molar-refractivity contribution is 6.15. The van der Waals surface area contributed by atoms with E-state index < -0.39 is 0 Å². The Bertz CT molecular complexity index is 491. The smallest absolute Gasteiger partial charge is 0.254 e. The van der Waals surface area contributed by atoms with Crippen LogP contribution in [0.25, 0.3) is 6.08 Å². The van der Waals surface area contributed by atoms with Crippen molar-refractivity contribution in [2.45, 2.75) is 13.0 Å². The molecule has 88 valence electrons. The summed E-state index contributed by atoms with van der Waals surface area (Å²) in [5.41, 5.74) is 2.41. The van der Waals surface area contributed by atoms with Crippen LogP contribution in [0.5, 0.6) is 0 Å². The van der Waals surface area contributed by atoms with Gasteiger partial charge in [-0.05, 0) is 17.2 Å². The fraction of sp³-hybridized carbons (Fsp3) is 0.231. The van der Waals surface area contributed by atoms with Crippen molar-refractivity contribution >= 4 is 17.9 Å². The van der Waals surface area contributed by atoms with Crippen LogP contribution in [0.3, 0.4) is 0 Å². The molecule has 0 spiro atoms. The Morgan fingerprint density at radius 3 is 2.76 bits per heavy atom. The molecule has 4 nitrogen and oxygen atoms in total. The number of imide groups is 1. The van der Waals surface area contributed by atoms with Gasteiger partial charge in [0.05, 0.1) is 13.0 Å². The van der Waals surface area contributed by atoms with Crippen LogP contribution in [0.1, 0.15) is 17.5 Å². The minimum atomic E-state index is -0.304. The molecule has 1 fully saturated rings. The number of rotatable bonds is 3. The molecule has 0 aliphatic carbocycles. The van der Waals surface area contributed by atoms with Crippen LogP contribution >= 0.6 is 0 Å². The fourth-order valence-corrected chi connectivity index (χ4v) is 1.77. The van der Waals surface area contributed by atoms with Crippen molar-refractivity contribution in [1.29, 1.82) is 0 Å². The summed E-state index contributed by atoms with van der Waals surface area (Å²) in [5, 5.41) is 2.26. The average Bonchev–Trinajstić information content (AvgIpc) is 2.61. The monoisotopic (exact) mass is 231 g/mol. The van der Waals surface area contributed by atoms with E-state index in [4.69, 9.17) is 4.74 Å². The van der Waals surface area contributed by atoms with Gasteiger partial charge in [-0.1, -0.05) is 24.3 Å². The van der Waals surface area contributed by atoms with E-state index in [9.17, 15) is 9.59 Å². The Morgan fingerprint density at radius 2 is 2.12 bits per heavy atom. The lowest BCUT2D eigenvalue weighted by atomic mass is 10.0. The van der Waals surface area contributed by atoms with Crippen molar-refractivity contribution in [3.8, 4) is 0 Å². The second-order valence-corrected chi connectivity index (χ2v) is 3.86. The molecule has 1 aromatic carbocycles. The normalized spacial score (nSPS) is 17.6. The van der Waals surface area contributed by atoms with Gasteiger partial charge < -0.3 is 4.74 Å². The number of benzene rings is 1. The summed E-state index contributed by atoms with van der Waals surface area (Å²) in [6.07, 6.45) is 1.90. The molecular formula is C13H13NO3. The van der Waals surface area contributed by atoms with Crippen molar-refractivity contribution in [2.75, 3.05) is 7.11 Å². The third kappa shape index (κ3) is 2.60. The number of hydrogen-bond donors (Lipinski definition) is 1. The molecule has 2 rings (SSSR count). The molecule has 1 aliphatic rings. The molecule has 0 atom stereocenters. The first-order chi connectivity index (χ1) is 8.20. The van der Waals surface area contributed by atoms with Gasteiger partial charge in [0.1, 0.15) is 0 Å². The molecule has 2 amide bonds. The van der Waals surface area contributed by atoms with Crippen molar-refractivity contribution in [2.24, 2.45) is 0 Å². The van der Waals surface area contributed by atoms with E-state index in [1.165, 1.54) is 0 Å². The Balaban J connectivity index is 2.32. The third-order valence-electron chi connectivity index (χ3n) is 2.58. The standard InChI is InChI=1S/C13H13NO3/c1-17-8-10-5-3-2-4-9(10)6-11-7-12(15)14-13(11)16/h2-6H,7-8H2,1H3,(H,14,15,16). The predicted molar refractivity (Wildman–Crippen MR) is 62.9 cm³/mol. The van der Waals surface area contributed by atoms with Gasteiger partial charge in [-0.2, -0.15) is 0 Å². The van der Waals surface area contributed by atoms with Crippen LogP contribution in [0.15, 0.2) is 29.8 Å². The number of hydrogen-bond acceptors (Lipinski definition) is 3. The van der Waals surface area contributed by atoms with Crippen LogP contribution < -0.4 is 5.32 Å². The Kier molecular flexibility index (Phi) is 3.35. The van der Waals surface area contributed by atoms with Gasteiger partial charge in [0.15, 0.2) is 0 Å². The number of nitrogens with one attached hydrogen (secondary N) is 1. The topological polar surface area (TPSA) is 55.4 Å². The summed E-state index contributed by atoms with van der Waals surface area (Å²) < 4.78 is 5.08. The quantitative estimate of drug-likeness (QED) is 0.629. The lowest BCUT2D eigenvalue weighted by Crippen LogP contribution is -2.19. The van der Waals surface area contributed by atoms with Gasteiger partial charge in [-0.25, -0.2) is 0 Å². The van der Waals surface area contributed by atoms with Gasteiger partial charge in [-0.15, -0.1) is 0 Å². The SMILES string of the molecule is COCc1ccccc1C=C1CC(=O)NC1=O. The van der Waals surface area contributed by atoms with Crippen molar-refractivity contribution in [1.82, 2.24) is 5.32 Å². The van der Waals surface area contributed by atoms with E-state index in [2.05, 4.69) is 5.32 Å². The van der Waals surface area contributed by atoms with E-state index in [1.54, 1.807) is 13.2 Å². The number of methoxy groups -OCH3 is 1. The highest BCUT2D eigenvalue weighted by Crippen LogP contribution is 2.18. The van der Waals surface area contributed by atoms with Gasteiger partial charge in [0.2, 0.25) is 5.91 Å². The predicted octanol–water partition coefficient (Wildman–Crippen LogP) is 1.26. The van der Waals surface area contributed by atoms with Crippen LogP contribution in [0.4, 0.5) is 0 Å². The molecule has 0 saturated carbocycles. The molecule has 4 heteroatoms. The summed E-state index contributed by atoms with van der Waals surface area (Å²) in [6, 6.07) is 7.64. The molecular weight excluding hydrogens is 218 g/mol. The molecule has 1 aliphatic heterocycles. The summed E-state index contributed by atoms with van der Waals surface area (Å²) in [7, 11) is 1.62. The zero-order valence-corrected chi connectivity index (χ0v) is 9.53. The maximum Gasteiger partial charge on any atom is 0.254 e. The summed E-state index contributed by atoms with van der Waals surface area (Å²) in [4.78, 5) is 22.5. The van der Waals surface area contributed by atoms with Crippen LogP contribution in [0, 0.1) is 0 Å². The average molecular weight is 231 g/mol. The molecule has 17 heavy (non-hydrogen) atoms. The first-order valence-corrected chi connectivity index (χ1v) is 5.32. The first kappa shape index (κ1) is 11.5. The lowest BCUT2D eigenvalue weighted by molar-refractivity contribution is -0.124. The minimum absolute atomic E-state index is 0.153. The molecule has 1 heterocycles. The molecule has 1 N–H and O–H groups in total. The Morgan fingerprint density at radius 1 is 1.35 bits per heavy atom. The van der Waals surface area contributed by atoms with Crippen molar-refractivity contribution in [3.05, 3.63) is 41.0 Å². The van der Waals surface area contributed by atoms with E-state index >= 15 is 0 Å². The second kappa shape index (κ2) is 4.93. The molecule has 0 bridgehead atoms. The highest BCUT2D eigenvalue weighted by Gasteiger charge is 2.23. The molecule has 0 aromatic heterocycles. The molecule has 0 radical (unpaired) electrons. The lowest BCUT2D eigenvalue weighted by Gasteiger charge is -2.04. The van der Waals surface area contributed by atoms with Crippen LogP contribution in [-0.2, 0) is 20.9 Å². The Labute approximate surface area is 99.3 Å². The van der Waals surface area contributed by atoms with Crippen molar-refractivity contribution < 1.29 is 14.3 Å². The molecule has 0 unspecified atom stereocenters. The first-order valence-electron chi connectivity index (χ1n) is 5.32. The highest BCUT2D eigenvalue weighted by atomic mass is 16.5. The van der Waals surface area contributed by atoms with Crippen molar-refractivity contribution in [3.63, 3.8) is 0 Å². The van der Waals surface area contributed by atoms with E-state index in [0.29, 0.717) is 12.2 Å². The maximum absolute atomic E-state index is 11.4. The van der Waals surface area contributed by atoms with Gasteiger partial charge >= 0.3 is 0 Å². The van der Waals surface area contributed by atoms with Gasteiger partial charge in [-0.3, -0.25) is 14.9 Å². The largest absolute Gasteiger partial charge is 0.380 e. The number of ether oxygens (including phenoxy) is 1. The molecule has 1 saturated heterocycles. The summed E-state index contributed by atoms with van der Waals surface area (Å²) in [5.74, 6) is -0.548. The van der Waals surface area contributed by atoms with Gasteiger partial charge in [0.25, 0.3) is 5.91 Å². The number of amides is 2. The van der Waals surface area contributed by atoms with E-state index in [1.807, 2.05) is 24.3 Å².